The Balaban J connectivity index is 3.21. The molecule has 0 spiro atoms. The molecule has 0 fully saturated rings. The van der Waals surface area contributed by atoms with Crippen molar-refractivity contribution in [2.24, 2.45) is 0 Å². The van der Waals surface area contributed by atoms with Crippen molar-refractivity contribution >= 4 is 9.84 Å². The lowest BCUT2D eigenvalue weighted by molar-refractivity contribution is 0.613. The van der Waals surface area contributed by atoms with Gasteiger partial charge in [0.05, 0.1) is 0 Å². The van der Waals surface area contributed by atoms with E-state index in [-0.39, 0.29) is 0 Å². The summed E-state index contributed by atoms with van der Waals surface area (Å²) in [4.78, 5) is 0. The molecule has 0 bridgehead atoms. The summed E-state index contributed by atoms with van der Waals surface area (Å²) < 4.78 is 21.0. The third-order valence-electron chi connectivity index (χ3n) is 0.871. The number of hydrogen-bond donors (Lipinski definition) is 0. The van der Waals surface area contributed by atoms with Gasteiger partial charge >= 0.3 is 0 Å². The second kappa shape index (κ2) is 1.45. The Labute approximate surface area is 48.4 Å². The highest BCUT2D eigenvalue weighted by atomic mass is 32.2. The molecule has 0 aromatic rings. The van der Waals surface area contributed by atoms with Crippen LogP contribution in [0.15, 0.2) is 22.5 Å². The first-order valence-corrected chi connectivity index (χ1v) is 3.82. The fraction of sp³-hybridized carbons (Fsp3) is 0.200. The molecule has 0 atom stereocenters. The Morgan fingerprint density at radius 2 is 2.12 bits per heavy atom. The summed E-state index contributed by atoms with van der Waals surface area (Å²) in [5, 5.41) is 2.44. The van der Waals surface area contributed by atoms with Gasteiger partial charge in [-0.15, -0.1) is 0 Å². The largest absolute Gasteiger partial charge is 0.220 e. The van der Waals surface area contributed by atoms with Crippen molar-refractivity contribution in [2.45, 2.75) is 6.92 Å². The normalized spacial score (nSPS) is 23.4. The smallest absolute Gasteiger partial charge is 0.193 e. The Bertz CT molecular complexity index is 244. The summed E-state index contributed by atoms with van der Waals surface area (Å²) in [5.74, 6) is 0. The summed E-state index contributed by atoms with van der Waals surface area (Å²) in [5.41, 5.74) is 0.796. The zero-order chi connectivity index (χ0) is 6.20. The Kier molecular flexibility index (Phi) is 1.01. The second-order valence-corrected chi connectivity index (χ2v) is 3.44. The van der Waals surface area contributed by atoms with Crippen LogP contribution in [-0.4, -0.2) is 8.42 Å². The van der Waals surface area contributed by atoms with Gasteiger partial charge in [0.25, 0.3) is 0 Å². The maximum atomic E-state index is 10.5. The summed E-state index contributed by atoms with van der Waals surface area (Å²) >= 11 is 0. The van der Waals surface area contributed by atoms with Crippen molar-refractivity contribution in [3.63, 3.8) is 0 Å². The third kappa shape index (κ3) is 0.980. The second-order valence-electron chi connectivity index (χ2n) is 1.75. The fourth-order valence-corrected chi connectivity index (χ4v) is 1.62. The number of sulfone groups is 1. The van der Waals surface area contributed by atoms with Crippen LogP contribution in [0.25, 0.3) is 0 Å². The maximum Gasteiger partial charge on any atom is 0.193 e. The van der Waals surface area contributed by atoms with Gasteiger partial charge in [-0.25, -0.2) is 8.42 Å². The van der Waals surface area contributed by atoms with Gasteiger partial charge in [-0.05, 0) is 18.6 Å². The van der Waals surface area contributed by atoms with E-state index in [1.807, 2.05) is 0 Å². The van der Waals surface area contributed by atoms with E-state index in [4.69, 9.17) is 0 Å². The number of rotatable bonds is 0. The monoisotopic (exact) mass is 130 g/mol. The van der Waals surface area contributed by atoms with Gasteiger partial charge in [0.2, 0.25) is 0 Å². The van der Waals surface area contributed by atoms with E-state index >= 15 is 0 Å². The molecule has 0 aliphatic carbocycles. The average Bonchev–Trinajstić information content (AvgIpc) is 1.82. The predicted molar refractivity (Wildman–Crippen MR) is 31.8 cm³/mol. The maximum absolute atomic E-state index is 10.5. The van der Waals surface area contributed by atoms with Crippen molar-refractivity contribution in [1.82, 2.24) is 0 Å². The average molecular weight is 130 g/mol. The summed E-state index contributed by atoms with van der Waals surface area (Å²) in [6, 6.07) is 0. The van der Waals surface area contributed by atoms with Crippen molar-refractivity contribution in [2.75, 3.05) is 0 Å². The van der Waals surface area contributed by atoms with E-state index in [9.17, 15) is 8.42 Å². The summed E-state index contributed by atoms with van der Waals surface area (Å²) in [7, 11) is -2.94. The molecular weight excluding hydrogens is 124 g/mol. The van der Waals surface area contributed by atoms with Gasteiger partial charge in [-0.2, -0.15) is 0 Å². The Morgan fingerprint density at radius 1 is 1.50 bits per heavy atom. The van der Waals surface area contributed by atoms with Gasteiger partial charge in [-0.1, -0.05) is 0 Å². The van der Waals surface area contributed by atoms with Crippen molar-refractivity contribution in [3.8, 4) is 0 Å². The molecule has 0 radical (unpaired) electrons. The minimum absolute atomic E-state index is 0.796. The zero-order valence-corrected chi connectivity index (χ0v) is 5.27. The van der Waals surface area contributed by atoms with Crippen LogP contribution >= 0.6 is 0 Å². The first-order chi connectivity index (χ1) is 3.60. The van der Waals surface area contributed by atoms with Crippen LogP contribution < -0.4 is 0 Å². The summed E-state index contributed by atoms with van der Waals surface area (Å²) in [6.07, 6.45) is 1.58. The van der Waals surface area contributed by atoms with Gasteiger partial charge in [0, 0.05) is 10.8 Å². The zero-order valence-electron chi connectivity index (χ0n) is 4.46. The molecule has 0 aromatic carbocycles. The number of hydrogen-bond acceptors (Lipinski definition) is 2. The molecule has 0 N–H and O–H groups in total. The van der Waals surface area contributed by atoms with Crippen LogP contribution in [-0.2, 0) is 9.84 Å². The highest BCUT2D eigenvalue weighted by molar-refractivity contribution is 7.97. The minimum Gasteiger partial charge on any atom is -0.220 e. The molecule has 0 amide bonds. The molecule has 0 unspecified atom stereocenters. The lowest BCUT2D eigenvalue weighted by atomic mass is 10.4. The molecule has 0 aromatic heterocycles. The van der Waals surface area contributed by atoms with Gasteiger partial charge < -0.3 is 0 Å². The van der Waals surface area contributed by atoms with Crippen molar-refractivity contribution in [3.05, 3.63) is 22.5 Å². The first-order valence-electron chi connectivity index (χ1n) is 2.22. The standard InChI is InChI=1S/C5H6O2S/c1-5-2-3-8(6,7)4-5/h2-4H,1H3. The van der Waals surface area contributed by atoms with Crippen LogP contribution in [0.1, 0.15) is 6.92 Å². The predicted octanol–water partition coefficient (Wildman–Crippen LogP) is 0.832. The summed E-state index contributed by atoms with van der Waals surface area (Å²) in [6.45, 7) is 1.75. The van der Waals surface area contributed by atoms with E-state index in [1.165, 1.54) is 10.8 Å². The third-order valence-corrected chi connectivity index (χ3v) is 2.09. The van der Waals surface area contributed by atoms with Crippen LogP contribution in [0.2, 0.25) is 0 Å². The van der Waals surface area contributed by atoms with Crippen LogP contribution in [0, 0.1) is 0 Å². The van der Waals surface area contributed by atoms with E-state index in [2.05, 4.69) is 0 Å². The fourth-order valence-electron chi connectivity index (χ4n) is 0.540. The molecule has 2 nitrogen and oxygen atoms in total. The lowest BCUT2D eigenvalue weighted by Gasteiger charge is -1.76. The van der Waals surface area contributed by atoms with E-state index < -0.39 is 9.84 Å². The Morgan fingerprint density at radius 3 is 2.25 bits per heavy atom. The quantitative estimate of drug-likeness (QED) is 0.486. The highest BCUT2D eigenvalue weighted by Crippen LogP contribution is 2.10. The van der Waals surface area contributed by atoms with E-state index in [0.717, 1.165) is 5.57 Å². The van der Waals surface area contributed by atoms with Crippen LogP contribution in [0.4, 0.5) is 0 Å². The van der Waals surface area contributed by atoms with Crippen molar-refractivity contribution < 1.29 is 8.42 Å². The SMILES string of the molecule is CC1=CS(=O)(=O)C=C1. The molecule has 1 aliphatic heterocycles. The van der Waals surface area contributed by atoms with Crippen LogP contribution in [0.5, 0.6) is 0 Å². The first kappa shape index (κ1) is 5.56. The molecule has 1 aliphatic rings. The minimum atomic E-state index is -2.94. The van der Waals surface area contributed by atoms with Gasteiger partial charge in [0.1, 0.15) is 0 Å². The molecule has 44 valence electrons. The molecule has 1 heterocycles. The van der Waals surface area contributed by atoms with Gasteiger partial charge in [-0.3, -0.25) is 0 Å². The molecule has 8 heavy (non-hydrogen) atoms. The molecule has 1 rings (SSSR count). The van der Waals surface area contributed by atoms with Crippen LogP contribution in [0.3, 0.4) is 0 Å². The molecular formula is C5H6O2S. The molecule has 3 heteroatoms. The molecule has 0 saturated heterocycles. The number of allylic oxidation sites excluding steroid dienone is 2. The van der Waals surface area contributed by atoms with E-state index in [1.54, 1.807) is 13.0 Å². The van der Waals surface area contributed by atoms with E-state index in [0.29, 0.717) is 0 Å². The van der Waals surface area contributed by atoms with Crippen molar-refractivity contribution in [1.29, 1.82) is 0 Å². The lowest BCUT2D eigenvalue weighted by Crippen LogP contribution is -1.81. The Hall–Kier alpha value is -0.570. The van der Waals surface area contributed by atoms with Gasteiger partial charge in [0.15, 0.2) is 9.84 Å². The topological polar surface area (TPSA) is 34.1 Å². The highest BCUT2D eigenvalue weighted by Gasteiger charge is 2.05. The molecule has 0 saturated carbocycles.